The third-order valence-electron chi connectivity index (χ3n) is 7.52. The maximum Gasteiger partial charge on any atom is 0.223 e. The van der Waals surface area contributed by atoms with Crippen LogP contribution in [0.4, 0.5) is 0 Å². The second kappa shape index (κ2) is 13.4. The molecule has 0 radical (unpaired) electrons. The van der Waals surface area contributed by atoms with Crippen molar-refractivity contribution in [2.24, 2.45) is 0 Å². The van der Waals surface area contributed by atoms with Crippen molar-refractivity contribution in [3.05, 3.63) is 0 Å². The maximum atomic E-state index is 12.2. The molecular weight excluding hydrogens is 454 g/mol. The van der Waals surface area contributed by atoms with Crippen molar-refractivity contribution in [1.82, 2.24) is 5.32 Å². The number of fused-ring (bicyclic) bond motifs is 2. The predicted molar refractivity (Wildman–Crippen MR) is 129 cm³/mol. The average Bonchev–Trinajstić information content (AvgIpc) is 2.86. The number of aldehydes is 1. The number of hydrogen-bond donors (Lipinski definition) is 1. The van der Waals surface area contributed by atoms with Crippen molar-refractivity contribution >= 4 is 12.2 Å². The molecule has 1 N–H and O–H groups in total. The topological polar surface area (TPSA) is 102 Å². The molecule has 3 fully saturated rings. The Balaban J connectivity index is 1.80. The Bertz CT molecular complexity index is 678. The van der Waals surface area contributed by atoms with Gasteiger partial charge in [-0.05, 0) is 25.7 Å². The number of ether oxygens (including phenoxy) is 6. The van der Waals surface area contributed by atoms with Crippen LogP contribution in [0.25, 0.3) is 0 Å². The highest BCUT2D eigenvalue weighted by Crippen LogP contribution is 2.51. The molecule has 0 unspecified atom stereocenters. The fourth-order valence-corrected chi connectivity index (χ4v) is 5.71. The zero-order chi connectivity index (χ0) is 25.3. The Kier molecular flexibility index (Phi) is 10.9. The summed E-state index contributed by atoms with van der Waals surface area (Å²) in [5.74, 6) is -2.40. The van der Waals surface area contributed by atoms with E-state index in [1.165, 1.54) is 32.6 Å². The largest absolute Gasteiger partial charge is 0.350 e. The number of amides is 1. The number of nitrogens with one attached hydrogen (secondary N) is 1. The smallest absolute Gasteiger partial charge is 0.223 e. The number of carbonyl (C=O) groups is 2. The molecule has 202 valence electrons. The van der Waals surface area contributed by atoms with Gasteiger partial charge in [-0.25, -0.2) is 0 Å². The van der Waals surface area contributed by atoms with Crippen molar-refractivity contribution in [1.29, 1.82) is 0 Å². The summed E-state index contributed by atoms with van der Waals surface area (Å²) in [6.45, 7) is 4.19. The van der Waals surface area contributed by atoms with Crippen molar-refractivity contribution in [3.8, 4) is 0 Å². The highest BCUT2D eigenvalue weighted by molar-refractivity contribution is 5.73. The van der Waals surface area contributed by atoms with E-state index in [9.17, 15) is 9.59 Å². The number of hydrogen-bond acceptors (Lipinski definition) is 8. The van der Waals surface area contributed by atoms with Crippen LogP contribution < -0.4 is 5.32 Å². The molecule has 2 saturated heterocycles. The van der Waals surface area contributed by atoms with E-state index in [1.54, 1.807) is 14.2 Å². The normalized spacial score (nSPS) is 36.7. The molecule has 7 atom stereocenters. The van der Waals surface area contributed by atoms with Gasteiger partial charge in [-0.1, -0.05) is 39.0 Å². The zero-order valence-electron chi connectivity index (χ0n) is 21.9. The van der Waals surface area contributed by atoms with Gasteiger partial charge in [0.2, 0.25) is 17.5 Å². The number of carbonyl (C=O) groups excluding carboxylic acids is 2. The van der Waals surface area contributed by atoms with Crippen molar-refractivity contribution in [3.63, 3.8) is 0 Å². The maximum absolute atomic E-state index is 12.2. The predicted octanol–water partition coefficient (Wildman–Crippen LogP) is 3.62. The fraction of sp³-hybridized carbons (Fsp3) is 0.923. The van der Waals surface area contributed by atoms with Crippen LogP contribution in [0.1, 0.15) is 90.9 Å². The monoisotopic (exact) mass is 499 g/mol. The molecule has 2 heterocycles. The molecule has 2 aliphatic heterocycles. The lowest BCUT2D eigenvalue weighted by atomic mass is 9.83. The summed E-state index contributed by atoms with van der Waals surface area (Å²) < 4.78 is 37.8. The first-order valence-corrected chi connectivity index (χ1v) is 13.4. The number of rotatable bonds is 14. The molecule has 35 heavy (non-hydrogen) atoms. The van der Waals surface area contributed by atoms with Crippen LogP contribution in [-0.2, 0) is 38.0 Å². The standard InChI is InChI=1S/C26H45NO8/c1-5-6-7-8-9-12-18-32-24-21(27-19(2)29)23-22(20(33-24)14-13-17-28)34-25(30-3)15-10-11-16-26(25,31-4)35-23/h17,20-24H,5-16,18H2,1-4H3,(H,27,29)/t20-,21-,22-,23-,24-,25+,26+/m1/s1. The minimum absolute atomic E-state index is 0.209. The minimum atomic E-state index is -1.10. The van der Waals surface area contributed by atoms with Gasteiger partial charge in [-0.2, -0.15) is 0 Å². The lowest BCUT2D eigenvalue weighted by Gasteiger charge is -2.60. The van der Waals surface area contributed by atoms with E-state index in [4.69, 9.17) is 28.4 Å². The van der Waals surface area contributed by atoms with E-state index in [0.29, 0.717) is 32.3 Å². The summed E-state index contributed by atoms with van der Waals surface area (Å²) in [6.07, 6.45) is 9.26. The average molecular weight is 500 g/mol. The van der Waals surface area contributed by atoms with E-state index in [-0.39, 0.29) is 5.91 Å². The lowest BCUT2D eigenvalue weighted by Crippen LogP contribution is -2.76. The van der Waals surface area contributed by atoms with Gasteiger partial charge in [-0.15, -0.1) is 0 Å². The van der Waals surface area contributed by atoms with Crippen molar-refractivity contribution in [2.45, 2.75) is 133 Å². The van der Waals surface area contributed by atoms with Gasteiger partial charge in [0.1, 0.15) is 24.5 Å². The van der Waals surface area contributed by atoms with Crippen LogP contribution in [0.5, 0.6) is 0 Å². The third kappa shape index (κ3) is 6.43. The van der Waals surface area contributed by atoms with Gasteiger partial charge in [-0.3, -0.25) is 4.79 Å². The van der Waals surface area contributed by atoms with Crippen LogP contribution >= 0.6 is 0 Å². The van der Waals surface area contributed by atoms with E-state index < -0.39 is 42.2 Å². The zero-order valence-corrected chi connectivity index (χ0v) is 21.9. The van der Waals surface area contributed by atoms with E-state index in [1.807, 2.05) is 0 Å². The summed E-state index contributed by atoms with van der Waals surface area (Å²) in [4.78, 5) is 23.4. The van der Waals surface area contributed by atoms with E-state index in [0.717, 1.165) is 32.0 Å². The SMILES string of the molecule is CCCCCCCCO[C@@H]1O[C@H](CCC=O)[C@H]2O[C@@]3(OC)CCCC[C@]3(OC)O[C@@H]2[C@H]1NC(C)=O. The Labute approximate surface area is 209 Å². The summed E-state index contributed by atoms with van der Waals surface area (Å²) >= 11 is 0. The minimum Gasteiger partial charge on any atom is -0.350 e. The Morgan fingerprint density at radius 1 is 1.00 bits per heavy atom. The highest BCUT2D eigenvalue weighted by atomic mass is 16.8. The van der Waals surface area contributed by atoms with Gasteiger partial charge in [0.15, 0.2) is 6.29 Å². The van der Waals surface area contributed by atoms with Crippen molar-refractivity contribution in [2.75, 3.05) is 20.8 Å². The first kappa shape index (κ1) is 28.5. The van der Waals surface area contributed by atoms with Gasteiger partial charge < -0.3 is 38.5 Å². The van der Waals surface area contributed by atoms with Crippen LogP contribution in [0.3, 0.4) is 0 Å². The first-order chi connectivity index (χ1) is 17.0. The Morgan fingerprint density at radius 3 is 2.23 bits per heavy atom. The van der Waals surface area contributed by atoms with Crippen LogP contribution in [0.2, 0.25) is 0 Å². The number of unbranched alkanes of at least 4 members (excludes halogenated alkanes) is 5. The summed E-state index contributed by atoms with van der Waals surface area (Å²) in [6, 6.07) is -0.589. The lowest BCUT2D eigenvalue weighted by molar-refractivity contribution is -0.489. The molecule has 0 aromatic heterocycles. The van der Waals surface area contributed by atoms with Crippen LogP contribution in [-0.4, -0.2) is 75.2 Å². The first-order valence-electron chi connectivity index (χ1n) is 13.4. The quantitative estimate of drug-likeness (QED) is 0.286. The molecule has 0 spiro atoms. The molecule has 9 nitrogen and oxygen atoms in total. The Morgan fingerprint density at radius 2 is 1.63 bits per heavy atom. The highest BCUT2D eigenvalue weighted by Gasteiger charge is 2.66. The molecule has 1 aliphatic carbocycles. The summed E-state index contributed by atoms with van der Waals surface area (Å²) in [7, 11) is 3.20. The van der Waals surface area contributed by atoms with Gasteiger partial charge >= 0.3 is 0 Å². The molecular formula is C26H45NO8. The number of methoxy groups -OCH3 is 2. The molecule has 0 aromatic carbocycles. The van der Waals surface area contributed by atoms with Gasteiger partial charge in [0.05, 0.1) is 6.10 Å². The van der Waals surface area contributed by atoms with Crippen molar-refractivity contribution < 1.29 is 38.0 Å². The van der Waals surface area contributed by atoms with E-state index >= 15 is 0 Å². The van der Waals surface area contributed by atoms with Crippen LogP contribution in [0.15, 0.2) is 0 Å². The Hall–Kier alpha value is -1.10. The molecule has 1 saturated carbocycles. The van der Waals surface area contributed by atoms with Crippen LogP contribution in [0, 0.1) is 0 Å². The molecule has 9 heteroatoms. The van der Waals surface area contributed by atoms with E-state index in [2.05, 4.69) is 12.2 Å². The third-order valence-corrected chi connectivity index (χ3v) is 7.52. The fourth-order valence-electron chi connectivity index (χ4n) is 5.71. The molecule has 0 bridgehead atoms. The molecule has 1 amide bonds. The summed E-state index contributed by atoms with van der Waals surface area (Å²) in [5, 5.41) is 2.98. The van der Waals surface area contributed by atoms with Gasteiger partial charge in [0.25, 0.3) is 0 Å². The molecule has 3 aliphatic rings. The second-order valence-corrected chi connectivity index (χ2v) is 9.94. The summed E-state index contributed by atoms with van der Waals surface area (Å²) in [5.41, 5.74) is 0. The molecule has 0 aromatic rings. The molecule has 3 rings (SSSR count). The van der Waals surface area contributed by atoms with Gasteiger partial charge in [0, 0.05) is 47.0 Å². The second-order valence-electron chi connectivity index (χ2n) is 9.94.